The first-order valence-electron chi connectivity index (χ1n) is 4.03. The van der Waals surface area contributed by atoms with Crippen LogP contribution >= 0.6 is 0 Å². The Labute approximate surface area is 85.4 Å². The summed E-state index contributed by atoms with van der Waals surface area (Å²) in [5, 5.41) is 18.8. The van der Waals surface area contributed by atoms with E-state index in [4.69, 9.17) is 10.5 Å². The Morgan fingerprint density at radius 2 is 2.47 bits per heavy atom. The molecule has 0 bridgehead atoms. The second kappa shape index (κ2) is 5.43. The molecule has 7 heteroatoms. The van der Waals surface area contributed by atoms with Crippen molar-refractivity contribution in [2.75, 3.05) is 0 Å². The third-order valence-corrected chi connectivity index (χ3v) is 1.43. The van der Waals surface area contributed by atoms with Crippen molar-refractivity contribution in [1.82, 2.24) is 15.4 Å². The van der Waals surface area contributed by atoms with Crippen LogP contribution in [0.15, 0.2) is 23.7 Å². The topological polar surface area (TPSA) is 111 Å². The highest BCUT2D eigenvalue weighted by atomic mass is 16.4. The van der Waals surface area contributed by atoms with Crippen LogP contribution < -0.4 is 5.43 Å². The number of hydrogen-bond donors (Lipinski definition) is 3. The van der Waals surface area contributed by atoms with Crippen LogP contribution in [-0.4, -0.2) is 33.0 Å². The van der Waals surface area contributed by atoms with Crippen LogP contribution in [0.1, 0.15) is 5.69 Å². The SMILES string of the molecule is N=C/C(=N\NCc1cnccn1)C(=O)O. The maximum Gasteiger partial charge on any atom is 0.357 e. The molecule has 0 aliphatic rings. The van der Waals surface area contributed by atoms with E-state index in [1.807, 2.05) is 0 Å². The van der Waals surface area contributed by atoms with E-state index in [-0.39, 0.29) is 12.3 Å². The van der Waals surface area contributed by atoms with E-state index in [0.29, 0.717) is 11.9 Å². The standard InChI is InChI=1S/C8H9N5O2/c9-3-7(8(14)15)13-12-5-6-4-10-1-2-11-6/h1-4,9,12H,5H2,(H,14,15)/b9-3?,13-7+. The first-order chi connectivity index (χ1) is 7.24. The molecule has 1 aromatic heterocycles. The maximum absolute atomic E-state index is 10.4. The van der Waals surface area contributed by atoms with Gasteiger partial charge < -0.3 is 15.9 Å². The zero-order valence-electron chi connectivity index (χ0n) is 7.71. The van der Waals surface area contributed by atoms with Crippen molar-refractivity contribution in [3.05, 3.63) is 24.3 Å². The molecule has 3 N–H and O–H groups in total. The molecule has 0 amide bonds. The molecule has 15 heavy (non-hydrogen) atoms. The first-order valence-corrected chi connectivity index (χ1v) is 4.03. The number of carboxylic acid groups (broad SMARTS) is 1. The lowest BCUT2D eigenvalue weighted by atomic mass is 10.4. The number of carbonyl (C=O) groups is 1. The van der Waals surface area contributed by atoms with Gasteiger partial charge in [-0.1, -0.05) is 0 Å². The highest BCUT2D eigenvalue weighted by Crippen LogP contribution is 1.88. The number of aromatic nitrogens is 2. The van der Waals surface area contributed by atoms with Crippen molar-refractivity contribution >= 4 is 17.9 Å². The summed E-state index contributed by atoms with van der Waals surface area (Å²) < 4.78 is 0. The summed E-state index contributed by atoms with van der Waals surface area (Å²) in [7, 11) is 0. The number of nitrogens with zero attached hydrogens (tertiary/aromatic N) is 3. The van der Waals surface area contributed by atoms with Gasteiger partial charge in [-0.15, -0.1) is 0 Å². The number of hydrazone groups is 1. The number of nitrogens with one attached hydrogen (secondary N) is 2. The molecule has 78 valence electrons. The Morgan fingerprint density at radius 3 is 3.00 bits per heavy atom. The number of aliphatic carboxylic acids is 1. The number of hydrogen-bond acceptors (Lipinski definition) is 6. The molecule has 1 rings (SSSR count). The molecule has 0 spiro atoms. The summed E-state index contributed by atoms with van der Waals surface area (Å²) in [6.07, 6.45) is 5.25. The molecule has 0 radical (unpaired) electrons. The lowest BCUT2D eigenvalue weighted by Gasteiger charge is -1.99. The van der Waals surface area contributed by atoms with Gasteiger partial charge in [-0.2, -0.15) is 5.10 Å². The molecule has 0 saturated carbocycles. The third-order valence-electron chi connectivity index (χ3n) is 1.43. The molecule has 0 aliphatic carbocycles. The van der Waals surface area contributed by atoms with Gasteiger partial charge in [0.25, 0.3) is 0 Å². The lowest BCUT2D eigenvalue weighted by Crippen LogP contribution is -2.19. The molecule has 0 aromatic carbocycles. The van der Waals surface area contributed by atoms with Crippen LogP contribution in [-0.2, 0) is 11.3 Å². The van der Waals surface area contributed by atoms with E-state index in [9.17, 15) is 4.79 Å². The monoisotopic (exact) mass is 207 g/mol. The van der Waals surface area contributed by atoms with E-state index < -0.39 is 5.97 Å². The van der Waals surface area contributed by atoms with E-state index in [1.165, 1.54) is 18.6 Å². The first kappa shape index (κ1) is 10.8. The minimum Gasteiger partial charge on any atom is -0.476 e. The fourth-order valence-electron chi connectivity index (χ4n) is 0.769. The Kier molecular flexibility index (Phi) is 3.90. The van der Waals surface area contributed by atoms with Crippen LogP contribution in [0.5, 0.6) is 0 Å². The predicted molar refractivity (Wildman–Crippen MR) is 52.7 cm³/mol. The Balaban J connectivity index is 2.51. The Morgan fingerprint density at radius 1 is 1.67 bits per heavy atom. The summed E-state index contributed by atoms with van der Waals surface area (Å²) >= 11 is 0. The van der Waals surface area contributed by atoms with Gasteiger partial charge in [-0.25, -0.2) is 4.79 Å². The smallest absolute Gasteiger partial charge is 0.357 e. The summed E-state index contributed by atoms with van der Waals surface area (Å²) in [5.41, 5.74) is 2.76. The Hall–Kier alpha value is -2.31. The summed E-state index contributed by atoms with van der Waals surface area (Å²) in [6.45, 7) is 0.262. The number of carboxylic acids is 1. The summed E-state index contributed by atoms with van der Waals surface area (Å²) in [5.74, 6) is -1.25. The van der Waals surface area contributed by atoms with Crippen molar-refractivity contribution in [2.45, 2.75) is 6.54 Å². The van der Waals surface area contributed by atoms with Gasteiger partial charge >= 0.3 is 5.97 Å². The van der Waals surface area contributed by atoms with Crippen molar-refractivity contribution < 1.29 is 9.90 Å². The van der Waals surface area contributed by atoms with Gasteiger partial charge in [0.05, 0.1) is 24.7 Å². The lowest BCUT2D eigenvalue weighted by molar-refractivity contribution is -0.129. The molecule has 0 atom stereocenters. The fraction of sp³-hybridized carbons (Fsp3) is 0.125. The maximum atomic E-state index is 10.4. The molecule has 0 unspecified atom stereocenters. The zero-order valence-corrected chi connectivity index (χ0v) is 7.71. The molecule has 0 aliphatic heterocycles. The average molecular weight is 207 g/mol. The van der Waals surface area contributed by atoms with Crippen LogP contribution in [0.4, 0.5) is 0 Å². The Bertz CT molecular complexity index is 376. The summed E-state index contributed by atoms with van der Waals surface area (Å²) in [6, 6.07) is 0. The van der Waals surface area contributed by atoms with Crippen molar-refractivity contribution in [2.24, 2.45) is 5.10 Å². The highest BCUT2D eigenvalue weighted by molar-refractivity contribution is 6.58. The molecular formula is C8H9N5O2. The minimum absolute atomic E-state index is 0.262. The van der Waals surface area contributed by atoms with Gasteiger partial charge in [0.15, 0.2) is 5.71 Å². The zero-order chi connectivity index (χ0) is 11.1. The van der Waals surface area contributed by atoms with E-state index in [0.717, 1.165) is 0 Å². The van der Waals surface area contributed by atoms with Gasteiger partial charge in [0.2, 0.25) is 0 Å². The molecule has 0 saturated heterocycles. The highest BCUT2D eigenvalue weighted by Gasteiger charge is 2.04. The largest absolute Gasteiger partial charge is 0.476 e. The van der Waals surface area contributed by atoms with Gasteiger partial charge in [-0.05, 0) is 0 Å². The van der Waals surface area contributed by atoms with E-state index >= 15 is 0 Å². The molecule has 0 fully saturated rings. The van der Waals surface area contributed by atoms with Crippen molar-refractivity contribution in [1.29, 1.82) is 5.41 Å². The van der Waals surface area contributed by atoms with Gasteiger partial charge in [-0.3, -0.25) is 9.97 Å². The second-order valence-electron chi connectivity index (χ2n) is 2.48. The second-order valence-corrected chi connectivity index (χ2v) is 2.48. The average Bonchev–Trinajstić information content (AvgIpc) is 2.25. The number of rotatable bonds is 5. The summed E-state index contributed by atoms with van der Waals surface area (Å²) in [4.78, 5) is 18.2. The third kappa shape index (κ3) is 3.51. The van der Waals surface area contributed by atoms with Crippen molar-refractivity contribution in [3.8, 4) is 0 Å². The normalized spacial score (nSPS) is 10.8. The van der Waals surface area contributed by atoms with Crippen LogP contribution in [0.25, 0.3) is 0 Å². The van der Waals surface area contributed by atoms with Gasteiger partial charge in [0, 0.05) is 12.4 Å². The molecule has 7 nitrogen and oxygen atoms in total. The predicted octanol–water partition coefficient (Wildman–Crippen LogP) is -0.344. The van der Waals surface area contributed by atoms with Crippen LogP contribution in [0.3, 0.4) is 0 Å². The van der Waals surface area contributed by atoms with E-state index in [1.54, 1.807) is 0 Å². The quantitative estimate of drug-likeness (QED) is 0.451. The van der Waals surface area contributed by atoms with Crippen LogP contribution in [0, 0.1) is 5.41 Å². The molecule has 1 heterocycles. The fourth-order valence-corrected chi connectivity index (χ4v) is 0.769. The van der Waals surface area contributed by atoms with Crippen molar-refractivity contribution in [3.63, 3.8) is 0 Å². The van der Waals surface area contributed by atoms with Gasteiger partial charge in [0.1, 0.15) is 0 Å². The van der Waals surface area contributed by atoms with E-state index in [2.05, 4.69) is 20.5 Å². The van der Waals surface area contributed by atoms with Crippen LogP contribution in [0.2, 0.25) is 0 Å². The molecular weight excluding hydrogens is 198 g/mol. The minimum atomic E-state index is -1.25. The molecule has 1 aromatic rings.